The third-order valence-corrected chi connectivity index (χ3v) is 5.25. The monoisotopic (exact) mass is 318 g/mol. The van der Waals surface area contributed by atoms with E-state index in [0.717, 1.165) is 28.2 Å². The third kappa shape index (κ3) is 3.05. The summed E-state index contributed by atoms with van der Waals surface area (Å²) < 4.78 is 13.0. The molecule has 1 aliphatic heterocycles. The van der Waals surface area contributed by atoms with Crippen molar-refractivity contribution in [3.63, 3.8) is 0 Å². The van der Waals surface area contributed by atoms with Gasteiger partial charge in [-0.1, -0.05) is 12.1 Å². The Balaban J connectivity index is 1.78. The van der Waals surface area contributed by atoms with Crippen LogP contribution in [0.15, 0.2) is 36.4 Å². The maximum Gasteiger partial charge on any atom is 0.264 e. The maximum atomic E-state index is 13.0. The molecule has 0 unspecified atom stereocenters. The van der Waals surface area contributed by atoms with Crippen LogP contribution in [0.2, 0.25) is 0 Å². The van der Waals surface area contributed by atoms with Crippen LogP contribution in [-0.4, -0.2) is 29.4 Å². The van der Waals surface area contributed by atoms with Gasteiger partial charge in [0.2, 0.25) is 0 Å². The van der Waals surface area contributed by atoms with Crippen LogP contribution in [0.5, 0.6) is 0 Å². The van der Waals surface area contributed by atoms with Crippen LogP contribution in [0.25, 0.3) is 10.4 Å². The van der Waals surface area contributed by atoms with Crippen LogP contribution < -0.4 is 5.73 Å². The van der Waals surface area contributed by atoms with Gasteiger partial charge in [0.1, 0.15) is 5.82 Å². The molecule has 1 aromatic carbocycles. The topological polar surface area (TPSA) is 46.3 Å². The molecule has 1 aromatic heterocycles. The molecule has 3 nitrogen and oxygen atoms in total. The van der Waals surface area contributed by atoms with Gasteiger partial charge >= 0.3 is 0 Å². The molecule has 2 N–H and O–H groups in total. The molecule has 116 valence electrons. The summed E-state index contributed by atoms with van der Waals surface area (Å²) in [4.78, 5) is 16.3. The van der Waals surface area contributed by atoms with Crippen molar-refractivity contribution in [1.82, 2.24) is 4.90 Å². The number of carbonyl (C=O) groups is 1. The average Bonchev–Trinajstić information content (AvgIpc) is 2.97. The fraction of sp³-hybridized carbons (Fsp3) is 0.353. The van der Waals surface area contributed by atoms with Gasteiger partial charge in [-0.3, -0.25) is 4.79 Å². The molecule has 0 aliphatic carbocycles. The molecule has 22 heavy (non-hydrogen) atoms. The highest BCUT2D eigenvalue weighted by Gasteiger charge is 2.28. The number of nitrogens with zero attached hydrogens (tertiary/aromatic N) is 1. The van der Waals surface area contributed by atoms with Crippen molar-refractivity contribution in [1.29, 1.82) is 0 Å². The third-order valence-electron chi connectivity index (χ3n) is 4.12. The summed E-state index contributed by atoms with van der Waals surface area (Å²) in [7, 11) is 0. The smallest absolute Gasteiger partial charge is 0.264 e. The predicted molar refractivity (Wildman–Crippen MR) is 87.4 cm³/mol. The molecule has 3 rings (SSSR count). The van der Waals surface area contributed by atoms with Gasteiger partial charge in [0.15, 0.2) is 0 Å². The highest BCUT2D eigenvalue weighted by molar-refractivity contribution is 7.17. The van der Waals surface area contributed by atoms with Crippen LogP contribution in [0.1, 0.15) is 29.4 Å². The molecule has 1 saturated heterocycles. The lowest BCUT2D eigenvalue weighted by molar-refractivity contribution is 0.0624. The first-order valence-electron chi connectivity index (χ1n) is 7.47. The molecule has 0 spiro atoms. The second kappa shape index (κ2) is 6.18. The first-order valence-corrected chi connectivity index (χ1v) is 8.28. The van der Waals surface area contributed by atoms with Crippen LogP contribution in [0.3, 0.4) is 0 Å². The van der Waals surface area contributed by atoms with Gasteiger partial charge < -0.3 is 10.6 Å². The zero-order valence-electron chi connectivity index (χ0n) is 12.5. The van der Waals surface area contributed by atoms with Gasteiger partial charge in [0, 0.05) is 23.5 Å². The molecule has 2 aromatic rings. The van der Waals surface area contributed by atoms with Crippen molar-refractivity contribution in [2.45, 2.75) is 31.8 Å². The highest BCUT2D eigenvalue weighted by atomic mass is 32.1. The van der Waals surface area contributed by atoms with E-state index < -0.39 is 0 Å². The summed E-state index contributed by atoms with van der Waals surface area (Å²) in [6.07, 6.45) is 1.70. The van der Waals surface area contributed by atoms with Crippen molar-refractivity contribution in [3.8, 4) is 10.4 Å². The number of benzene rings is 1. The maximum absolute atomic E-state index is 13.0. The Morgan fingerprint density at radius 2 is 2.00 bits per heavy atom. The van der Waals surface area contributed by atoms with Gasteiger partial charge in [-0.25, -0.2) is 4.39 Å². The number of hydrogen-bond acceptors (Lipinski definition) is 3. The summed E-state index contributed by atoms with van der Waals surface area (Å²) in [6.45, 7) is 2.76. The molecule has 1 amide bonds. The minimum absolute atomic E-state index is 0.0674. The molecule has 0 bridgehead atoms. The fourth-order valence-electron chi connectivity index (χ4n) is 2.87. The predicted octanol–water partition coefficient (Wildman–Crippen LogP) is 3.51. The first-order chi connectivity index (χ1) is 10.5. The van der Waals surface area contributed by atoms with E-state index >= 15 is 0 Å². The Morgan fingerprint density at radius 3 is 2.68 bits per heavy atom. The lowest BCUT2D eigenvalue weighted by atomic mass is 9.99. The standard InChI is InChI=1S/C17H19FN2OS/c1-11-10-14(19)8-9-20(11)17(21)16-7-6-15(22-16)12-2-4-13(18)5-3-12/h2-7,11,14H,8-10,19H2,1H3/t11-,14-/m0/s1. The largest absolute Gasteiger partial charge is 0.335 e. The zero-order chi connectivity index (χ0) is 15.7. The lowest BCUT2D eigenvalue weighted by Crippen LogP contribution is -2.48. The van der Waals surface area contributed by atoms with E-state index in [2.05, 4.69) is 0 Å². The average molecular weight is 318 g/mol. The van der Waals surface area contributed by atoms with E-state index in [-0.39, 0.29) is 23.8 Å². The van der Waals surface area contributed by atoms with Crippen molar-refractivity contribution >= 4 is 17.2 Å². The quantitative estimate of drug-likeness (QED) is 0.921. The fourth-order valence-corrected chi connectivity index (χ4v) is 3.84. The molecule has 0 saturated carbocycles. The molecule has 2 heterocycles. The van der Waals surface area contributed by atoms with Gasteiger partial charge in [0.25, 0.3) is 5.91 Å². The number of hydrogen-bond donors (Lipinski definition) is 1. The summed E-state index contributed by atoms with van der Waals surface area (Å²) in [5.41, 5.74) is 6.88. The van der Waals surface area contributed by atoms with E-state index in [1.165, 1.54) is 23.5 Å². The van der Waals surface area contributed by atoms with Crippen LogP contribution in [-0.2, 0) is 0 Å². The number of amides is 1. The molecule has 1 aliphatic rings. The summed E-state index contributed by atoms with van der Waals surface area (Å²) in [5, 5.41) is 0. The molecule has 5 heteroatoms. The van der Waals surface area contributed by atoms with Gasteiger partial charge in [0.05, 0.1) is 4.88 Å². The van der Waals surface area contributed by atoms with Crippen molar-refractivity contribution in [3.05, 3.63) is 47.1 Å². The lowest BCUT2D eigenvalue weighted by Gasteiger charge is -2.36. The number of rotatable bonds is 2. The van der Waals surface area contributed by atoms with Gasteiger partial charge in [-0.2, -0.15) is 0 Å². The number of piperidine rings is 1. The summed E-state index contributed by atoms with van der Waals surface area (Å²) in [6, 6.07) is 10.5. The molecular weight excluding hydrogens is 299 g/mol. The number of thiophene rings is 1. The summed E-state index contributed by atoms with van der Waals surface area (Å²) in [5.74, 6) is -0.187. The van der Waals surface area contributed by atoms with E-state index in [9.17, 15) is 9.18 Å². The Morgan fingerprint density at radius 1 is 1.27 bits per heavy atom. The van der Waals surface area contributed by atoms with Crippen molar-refractivity contribution < 1.29 is 9.18 Å². The van der Waals surface area contributed by atoms with Crippen LogP contribution >= 0.6 is 11.3 Å². The normalized spacial score (nSPS) is 21.9. The Hall–Kier alpha value is -1.72. The minimum Gasteiger partial charge on any atom is -0.335 e. The Kier molecular flexibility index (Phi) is 4.27. The van der Waals surface area contributed by atoms with Crippen molar-refractivity contribution in [2.75, 3.05) is 6.54 Å². The van der Waals surface area contributed by atoms with Crippen LogP contribution in [0.4, 0.5) is 4.39 Å². The Labute approximate surface area is 133 Å². The molecule has 0 radical (unpaired) electrons. The number of halogens is 1. The SMILES string of the molecule is C[C@H]1C[C@@H](N)CCN1C(=O)c1ccc(-c2ccc(F)cc2)s1. The summed E-state index contributed by atoms with van der Waals surface area (Å²) >= 11 is 1.45. The van der Waals surface area contributed by atoms with Crippen molar-refractivity contribution in [2.24, 2.45) is 5.73 Å². The highest BCUT2D eigenvalue weighted by Crippen LogP contribution is 2.30. The number of likely N-dealkylation sites (tertiary alicyclic amines) is 1. The van der Waals surface area contributed by atoms with E-state index in [1.807, 2.05) is 24.0 Å². The number of nitrogens with two attached hydrogens (primary N) is 1. The number of carbonyl (C=O) groups excluding carboxylic acids is 1. The Bertz CT molecular complexity index is 668. The zero-order valence-corrected chi connectivity index (χ0v) is 13.3. The van der Waals surface area contributed by atoms with Gasteiger partial charge in [-0.15, -0.1) is 11.3 Å². The molecule has 1 fully saturated rings. The minimum atomic E-state index is -0.255. The molecule has 2 atom stereocenters. The van der Waals surface area contributed by atoms with Gasteiger partial charge in [-0.05, 0) is 49.6 Å². The van der Waals surface area contributed by atoms with E-state index in [4.69, 9.17) is 5.73 Å². The second-order valence-corrected chi connectivity index (χ2v) is 6.89. The van der Waals surface area contributed by atoms with E-state index in [0.29, 0.717) is 6.54 Å². The second-order valence-electron chi connectivity index (χ2n) is 5.80. The van der Waals surface area contributed by atoms with E-state index in [1.54, 1.807) is 12.1 Å². The first kappa shape index (κ1) is 15.2. The van der Waals surface area contributed by atoms with Crippen LogP contribution in [0, 0.1) is 5.82 Å². The molecular formula is C17H19FN2OS.